The van der Waals surface area contributed by atoms with Crippen molar-refractivity contribution in [2.24, 2.45) is 5.73 Å². The lowest BCUT2D eigenvalue weighted by Crippen LogP contribution is -2.33. The van der Waals surface area contributed by atoms with Crippen molar-refractivity contribution < 1.29 is 26.3 Å². The van der Waals surface area contributed by atoms with Gasteiger partial charge in [0.15, 0.2) is 5.75 Å². The van der Waals surface area contributed by atoms with E-state index in [1.165, 1.54) is 13.2 Å². The molecule has 0 radical (unpaired) electrons. The molecule has 1 saturated carbocycles. The maximum absolute atomic E-state index is 12.6. The maximum Gasteiger partial charge on any atom is 0.404 e. The molecule has 1 aliphatic rings. The van der Waals surface area contributed by atoms with Crippen LogP contribution in [0.1, 0.15) is 38.2 Å². The third-order valence-electron chi connectivity index (χ3n) is 6.23. The van der Waals surface area contributed by atoms with Crippen molar-refractivity contribution in [3.63, 3.8) is 0 Å². The van der Waals surface area contributed by atoms with Gasteiger partial charge in [-0.05, 0) is 67.5 Å². The van der Waals surface area contributed by atoms with Gasteiger partial charge in [-0.3, -0.25) is 4.72 Å². The van der Waals surface area contributed by atoms with Crippen molar-refractivity contribution in [2.75, 3.05) is 22.9 Å². The van der Waals surface area contributed by atoms with Gasteiger partial charge in [-0.25, -0.2) is 18.4 Å². The fourth-order valence-corrected chi connectivity index (χ4v) is 5.38. The molecule has 200 valence electrons. The highest BCUT2D eigenvalue weighted by molar-refractivity contribution is 7.92. The van der Waals surface area contributed by atoms with E-state index in [1.807, 2.05) is 23.8 Å². The molecule has 4 rings (SSSR count). The van der Waals surface area contributed by atoms with E-state index in [9.17, 15) is 21.6 Å². The van der Waals surface area contributed by atoms with Crippen LogP contribution in [0.15, 0.2) is 30.5 Å². The Bertz CT molecular complexity index is 1380. The van der Waals surface area contributed by atoms with E-state index in [-0.39, 0.29) is 23.8 Å². The van der Waals surface area contributed by atoms with E-state index >= 15 is 0 Å². The molecule has 9 nitrogen and oxygen atoms in total. The molecule has 2 aromatic heterocycles. The summed E-state index contributed by atoms with van der Waals surface area (Å²) in [5.41, 5.74) is 9.03. The Labute approximate surface area is 213 Å². The van der Waals surface area contributed by atoms with Crippen molar-refractivity contribution in [3.05, 3.63) is 36.0 Å². The van der Waals surface area contributed by atoms with Crippen molar-refractivity contribution in [1.29, 1.82) is 0 Å². The number of nitrogens with zero attached hydrogens (tertiary/aromatic N) is 3. The molecule has 37 heavy (non-hydrogen) atoms. The lowest BCUT2D eigenvalue weighted by atomic mass is 9.92. The van der Waals surface area contributed by atoms with Crippen LogP contribution < -0.4 is 20.5 Å². The summed E-state index contributed by atoms with van der Waals surface area (Å²) in [5, 5.41) is 4.21. The van der Waals surface area contributed by atoms with Crippen LogP contribution in [0.5, 0.6) is 5.88 Å². The van der Waals surface area contributed by atoms with E-state index in [1.54, 1.807) is 12.3 Å². The van der Waals surface area contributed by atoms with Crippen LogP contribution in [0.2, 0.25) is 0 Å². The van der Waals surface area contributed by atoms with Gasteiger partial charge in [-0.15, -0.1) is 0 Å². The normalized spacial score (nSPS) is 18.5. The number of sulfonamides is 1. The fraction of sp³-hybridized carbons (Fsp3) is 0.458. The Morgan fingerprint density at radius 2 is 1.86 bits per heavy atom. The highest BCUT2D eigenvalue weighted by Crippen LogP contribution is 2.34. The van der Waals surface area contributed by atoms with Crippen LogP contribution in [0.25, 0.3) is 22.0 Å². The lowest BCUT2D eigenvalue weighted by Gasteiger charge is -2.26. The first-order chi connectivity index (χ1) is 17.5. The molecule has 4 N–H and O–H groups in total. The van der Waals surface area contributed by atoms with Gasteiger partial charge >= 0.3 is 6.18 Å². The molecule has 1 aromatic carbocycles. The average molecular weight is 539 g/mol. The van der Waals surface area contributed by atoms with Crippen LogP contribution >= 0.6 is 0 Å². The molecule has 13 heteroatoms. The summed E-state index contributed by atoms with van der Waals surface area (Å²) in [7, 11) is -3.33. The number of pyridine rings is 1. The first kappa shape index (κ1) is 26.9. The number of hydrogen-bond donors (Lipinski definition) is 3. The number of hydrogen-bond acceptors (Lipinski definition) is 8. The number of rotatable bonds is 8. The number of aryl methyl sites for hydroxylation is 1. The Morgan fingerprint density at radius 3 is 2.51 bits per heavy atom. The molecule has 0 unspecified atom stereocenters. The van der Waals surface area contributed by atoms with Gasteiger partial charge in [0.05, 0.1) is 12.6 Å². The SMILES string of the molecule is CCc1cc(-c2ccc(NS(=O)(=O)CC(F)(F)F)nc2OC)cc2cnc(N[C@H]3CC[C@H](N)CC3)nc12. The van der Waals surface area contributed by atoms with Crippen molar-refractivity contribution in [3.8, 4) is 17.0 Å². The minimum absolute atomic E-state index is 0.0586. The van der Waals surface area contributed by atoms with E-state index in [2.05, 4.69) is 15.3 Å². The average Bonchev–Trinajstić information content (AvgIpc) is 2.83. The van der Waals surface area contributed by atoms with Crippen LogP contribution in [0, 0.1) is 0 Å². The summed E-state index contributed by atoms with van der Waals surface area (Å²) in [4.78, 5) is 13.3. The monoisotopic (exact) mass is 538 g/mol. The van der Waals surface area contributed by atoms with Gasteiger partial charge in [0.2, 0.25) is 21.9 Å². The van der Waals surface area contributed by atoms with E-state index in [0.717, 1.165) is 47.7 Å². The predicted molar refractivity (Wildman–Crippen MR) is 136 cm³/mol. The van der Waals surface area contributed by atoms with Gasteiger partial charge in [0.25, 0.3) is 0 Å². The molecule has 0 aliphatic heterocycles. The number of anilines is 2. The second-order valence-corrected chi connectivity index (χ2v) is 10.8. The molecule has 0 bridgehead atoms. The minimum Gasteiger partial charge on any atom is -0.480 e. The smallest absolute Gasteiger partial charge is 0.404 e. The summed E-state index contributed by atoms with van der Waals surface area (Å²) < 4.78 is 68.5. The quantitative estimate of drug-likeness (QED) is 0.388. The number of nitrogens with one attached hydrogen (secondary N) is 2. The summed E-state index contributed by atoms with van der Waals surface area (Å²) >= 11 is 0. The van der Waals surface area contributed by atoms with Crippen LogP contribution in [0.3, 0.4) is 0 Å². The van der Waals surface area contributed by atoms with Crippen LogP contribution in [0.4, 0.5) is 24.9 Å². The predicted octanol–water partition coefficient (Wildman–Crippen LogP) is 4.25. The van der Waals surface area contributed by atoms with Gasteiger partial charge in [-0.2, -0.15) is 18.2 Å². The van der Waals surface area contributed by atoms with E-state index in [4.69, 9.17) is 15.5 Å². The number of alkyl halides is 3. The second kappa shape index (κ2) is 10.7. The summed E-state index contributed by atoms with van der Waals surface area (Å²) in [6, 6.07) is 7.17. The minimum atomic E-state index is -4.88. The number of ether oxygens (including phenoxy) is 1. The topological polar surface area (TPSA) is 132 Å². The first-order valence-electron chi connectivity index (χ1n) is 11.9. The highest BCUT2D eigenvalue weighted by Gasteiger charge is 2.35. The Balaban J connectivity index is 1.62. The zero-order valence-corrected chi connectivity index (χ0v) is 21.3. The molecular weight excluding hydrogens is 509 g/mol. The summed E-state index contributed by atoms with van der Waals surface area (Å²) in [5.74, 6) is -1.67. The molecular formula is C24H29F3N6O3S. The molecule has 1 aliphatic carbocycles. The molecule has 0 amide bonds. The summed E-state index contributed by atoms with van der Waals surface area (Å²) in [6.07, 6.45) is 1.42. The highest BCUT2D eigenvalue weighted by atomic mass is 32.2. The lowest BCUT2D eigenvalue weighted by molar-refractivity contribution is -0.106. The number of benzene rings is 1. The molecule has 0 atom stereocenters. The van der Waals surface area contributed by atoms with E-state index < -0.39 is 22.0 Å². The molecule has 1 fully saturated rings. The molecule has 0 saturated heterocycles. The van der Waals surface area contributed by atoms with Crippen molar-refractivity contribution >= 4 is 32.7 Å². The number of halogens is 3. The molecule has 2 heterocycles. The standard InChI is InChI=1S/C24H29F3N6O3S/c1-3-14-10-15(11-16-12-29-23(32-21(14)16)30-18-6-4-17(28)5-7-18)19-8-9-20(31-22(19)36-2)33-37(34,35)13-24(25,26)27/h8-12,17-18H,3-7,13,28H2,1-2H3,(H,31,33)(H,29,30,32)/t17-,18-. The van der Waals surface area contributed by atoms with E-state index in [0.29, 0.717) is 17.9 Å². The van der Waals surface area contributed by atoms with Gasteiger partial charge in [0, 0.05) is 29.2 Å². The number of aromatic nitrogens is 3. The third-order valence-corrected chi connectivity index (χ3v) is 7.45. The number of fused-ring (bicyclic) bond motifs is 1. The zero-order chi connectivity index (χ0) is 26.8. The van der Waals surface area contributed by atoms with Crippen LogP contribution in [-0.4, -0.2) is 54.5 Å². The Hall–Kier alpha value is -3.19. The molecule has 0 spiro atoms. The Morgan fingerprint density at radius 1 is 1.14 bits per heavy atom. The first-order valence-corrected chi connectivity index (χ1v) is 13.6. The largest absolute Gasteiger partial charge is 0.480 e. The van der Waals surface area contributed by atoms with Crippen LogP contribution in [-0.2, 0) is 16.4 Å². The fourth-order valence-electron chi connectivity index (χ4n) is 4.44. The number of methoxy groups -OCH3 is 1. The second-order valence-electron chi connectivity index (χ2n) is 9.11. The van der Waals surface area contributed by atoms with Gasteiger partial charge in [0.1, 0.15) is 5.82 Å². The number of nitrogens with two attached hydrogens (primary N) is 1. The molecule has 3 aromatic rings. The maximum atomic E-state index is 12.6. The van der Waals surface area contributed by atoms with Gasteiger partial charge < -0.3 is 15.8 Å². The summed E-state index contributed by atoms with van der Waals surface area (Å²) in [6.45, 7) is 2.00. The van der Waals surface area contributed by atoms with Crippen molar-refractivity contribution in [1.82, 2.24) is 15.0 Å². The Kier molecular flexibility index (Phi) is 7.74. The van der Waals surface area contributed by atoms with Crippen molar-refractivity contribution in [2.45, 2.75) is 57.3 Å². The zero-order valence-electron chi connectivity index (χ0n) is 20.5. The van der Waals surface area contributed by atoms with Gasteiger partial charge in [-0.1, -0.05) is 6.92 Å². The third kappa shape index (κ3) is 6.77.